The first-order chi connectivity index (χ1) is 12.8. The quantitative estimate of drug-likeness (QED) is 0.534. The van der Waals surface area contributed by atoms with Crippen LogP contribution in [0.4, 0.5) is 13.2 Å². The number of alkyl halides is 3. The zero-order valence-electron chi connectivity index (χ0n) is 14.1. The third-order valence-electron chi connectivity index (χ3n) is 3.84. The summed E-state index contributed by atoms with van der Waals surface area (Å²) in [5, 5.41) is 12.8. The highest BCUT2D eigenvalue weighted by Crippen LogP contribution is 2.32. The lowest BCUT2D eigenvalue weighted by molar-refractivity contribution is -0.146. The molecule has 27 heavy (non-hydrogen) atoms. The Labute approximate surface area is 155 Å². The number of aromatic nitrogens is 7. The minimum Gasteiger partial charge on any atom is -0.305 e. The molecule has 0 amide bonds. The Kier molecular flexibility index (Phi) is 4.02. The van der Waals surface area contributed by atoms with Crippen LogP contribution in [-0.4, -0.2) is 34.5 Å². The van der Waals surface area contributed by atoms with Gasteiger partial charge in [-0.15, -0.1) is 10.2 Å². The van der Waals surface area contributed by atoms with Crippen LogP contribution < -0.4 is 0 Å². The maximum atomic E-state index is 12.9. The predicted molar refractivity (Wildman–Crippen MR) is 92.2 cm³/mol. The maximum absolute atomic E-state index is 12.9. The minimum atomic E-state index is -4.57. The number of pyridine rings is 1. The molecule has 0 unspecified atom stereocenters. The van der Waals surface area contributed by atoms with Gasteiger partial charge in [-0.1, -0.05) is 11.3 Å². The van der Waals surface area contributed by atoms with Crippen LogP contribution >= 0.6 is 11.3 Å². The van der Waals surface area contributed by atoms with Crippen molar-refractivity contribution in [1.82, 2.24) is 34.5 Å². The minimum absolute atomic E-state index is 0.0377. The monoisotopic (exact) mass is 391 g/mol. The van der Waals surface area contributed by atoms with Crippen LogP contribution in [0.2, 0.25) is 0 Å². The fraction of sp³-hybridized carbons (Fsp3) is 0.188. The van der Waals surface area contributed by atoms with Crippen LogP contribution in [0, 0.1) is 6.92 Å². The first kappa shape index (κ1) is 17.3. The van der Waals surface area contributed by atoms with Gasteiger partial charge in [-0.2, -0.15) is 18.3 Å². The summed E-state index contributed by atoms with van der Waals surface area (Å²) in [6.45, 7) is 1.84. The average molecular weight is 391 g/mol. The van der Waals surface area contributed by atoms with Crippen molar-refractivity contribution in [2.45, 2.75) is 13.1 Å². The number of thiazole rings is 1. The molecule has 0 aliphatic heterocycles. The van der Waals surface area contributed by atoms with Crippen LogP contribution in [0.5, 0.6) is 0 Å². The van der Waals surface area contributed by atoms with Crippen LogP contribution in [-0.2, 0) is 13.2 Å². The van der Waals surface area contributed by atoms with Crippen molar-refractivity contribution in [3.05, 3.63) is 48.3 Å². The Balaban J connectivity index is 1.70. The normalized spacial score (nSPS) is 11.9. The molecule has 0 fully saturated rings. The maximum Gasteiger partial charge on any atom is 0.451 e. The van der Waals surface area contributed by atoms with Crippen molar-refractivity contribution in [2.75, 3.05) is 0 Å². The molecule has 0 radical (unpaired) electrons. The summed E-state index contributed by atoms with van der Waals surface area (Å²) in [4.78, 5) is 8.61. The van der Waals surface area contributed by atoms with Crippen molar-refractivity contribution in [3.63, 3.8) is 0 Å². The zero-order chi connectivity index (χ0) is 19.2. The van der Waals surface area contributed by atoms with E-state index >= 15 is 0 Å². The van der Waals surface area contributed by atoms with E-state index in [2.05, 4.69) is 25.3 Å². The zero-order valence-corrected chi connectivity index (χ0v) is 15.0. The van der Waals surface area contributed by atoms with E-state index in [-0.39, 0.29) is 11.5 Å². The van der Waals surface area contributed by atoms with Crippen molar-refractivity contribution in [2.24, 2.45) is 7.05 Å². The molecular weight excluding hydrogens is 379 g/mol. The van der Waals surface area contributed by atoms with E-state index < -0.39 is 12.0 Å². The molecule has 11 heteroatoms. The fourth-order valence-electron chi connectivity index (χ4n) is 2.57. The van der Waals surface area contributed by atoms with Gasteiger partial charge in [-0.05, 0) is 25.1 Å². The van der Waals surface area contributed by atoms with Gasteiger partial charge in [0.25, 0.3) is 0 Å². The van der Waals surface area contributed by atoms with Crippen LogP contribution in [0.25, 0.3) is 27.1 Å². The molecule has 138 valence electrons. The van der Waals surface area contributed by atoms with E-state index in [1.165, 1.54) is 18.4 Å². The molecular formula is C16H12F3N7S. The van der Waals surface area contributed by atoms with E-state index in [9.17, 15) is 13.2 Å². The Hall–Kier alpha value is -3.08. The summed E-state index contributed by atoms with van der Waals surface area (Å²) >= 11 is 1.41. The molecule has 0 aliphatic carbocycles. The van der Waals surface area contributed by atoms with Gasteiger partial charge >= 0.3 is 6.18 Å². The SMILES string of the molecule is Cc1nc(-c2cccnc2)sc1-n1ccc(-c2nnc(C(F)(F)F)n2C)n1. The van der Waals surface area contributed by atoms with Gasteiger partial charge in [-0.3, -0.25) is 4.98 Å². The second-order valence-corrected chi connectivity index (χ2v) is 6.68. The number of hydrogen-bond donors (Lipinski definition) is 0. The van der Waals surface area contributed by atoms with Crippen molar-refractivity contribution in [3.8, 4) is 27.1 Å². The van der Waals surface area contributed by atoms with Gasteiger partial charge in [0.1, 0.15) is 15.7 Å². The Morgan fingerprint density at radius 1 is 1.15 bits per heavy atom. The van der Waals surface area contributed by atoms with Gasteiger partial charge < -0.3 is 4.57 Å². The smallest absolute Gasteiger partial charge is 0.305 e. The topological polar surface area (TPSA) is 74.3 Å². The van der Waals surface area contributed by atoms with E-state index in [4.69, 9.17) is 0 Å². The van der Waals surface area contributed by atoms with Crippen molar-refractivity contribution >= 4 is 11.3 Å². The van der Waals surface area contributed by atoms with Gasteiger partial charge in [0.05, 0.1) is 5.69 Å². The first-order valence-corrected chi connectivity index (χ1v) is 8.57. The third-order valence-corrected chi connectivity index (χ3v) is 5.03. The molecule has 4 heterocycles. The first-order valence-electron chi connectivity index (χ1n) is 7.75. The molecule has 4 rings (SSSR count). The molecule has 0 saturated carbocycles. The molecule has 0 aromatic carbocycles. The largest absolute Gasteiger partial charge is 0.451 e. The van der Waals surface area contributed by atoms with E-state index in [1.54, 1.807) is 29.3 Å². The van der Waals surface area contributed by atoms with Crippen LogP contribution in [0.3, 0.4) is 0 Å². The number of halogens is 3. The third kappa shape index (κ3) is 3.10. The van der Waals surface area contributed by atoms with Gasteiger partial charge in [-0.25, -0.2) is 9.67 Å². The number of aryl methyl sites for hydroxylation is 1. The lowest BCUT2D eigenvalue weighted by atomic mass is 10.3. The summed E-state index contributed by atoms with van der Waals surface area (Å²) < 4.78 is 41.2. The molecule has 4 aromatic rings. The number of nitrogens with zero attached hydrogens (tertiary/aromatic N) is 7. The summed E-state index contributed by atoms with van der Waals surface area (Å²) in [5.74, 6) is -1.03. The predicted octanol–water partition coefficient (Wildman–Crippen LogP) is 3.51. The number of hydrogen-bond acceptors (Lipinski definition) is 6. The number of rotatable bonds is 3. The summed E-state index contributed by atoms with van der Waals surface area (Å²) in [5.41, 5.74) is 1.92. The fourth-order valence-corrected chi connectivity index (χ4v) is 3.56. The Morgan fingerprint density at radius 3 is 2.63 bits per heavy atom. The molecule has 4 aromatic heterocycles. The van der Waals surface area contributed by atoms with E-state index in [1.807, 2.05) is 19.1 Å². The van der Waals surface area contributed by atoms with E-state index in [0.717, 1.165) is 25.8 Å². The molecule has 7 nitrogen and oxygen atoms in total. The van der Waals surface area contributed by atoms with Gasteiger partial charge in [0.2, 0.25) is 5.82 Å². The Bertz CT molecular complexity index is 1100. The molecule has 0 saturated heterocycles. The summed E-state index contributed by atoms with van der Waals surface area (Å²) in [6.07, 6.45) is 0.482. The molecule has 0 aliphatic rings. The highest BCUT2D eigenvalue weighted by molar-refractivity contribution is 7.17. The van der Waals surface area contributed by atoms with Gasteiger partial charge in [0.15, 0.2) is 5.82 Å². The molecule has 0 N–H and O–H groups in total. The standard InChI is InChI=1S/C16H12F3N7S/c1-9-14(27-13(21-9)10-4-3-6-20-8-10)26-7-5-11(24-26)12-22-23-15(25(12)2)16(17,18)19/h3-8H,1-2H3. The highest BCUT2D eigenvalue weighted by atomic mass is 32.1. The average Bonchev–Trinajstić information content (AvgIpc) is 3.33. The second-order valence-electron chi connectivity index (χ2n) is 5.70. The van der Waals surface area contributed by atoms with E-state index in [0.29, 0.717) is 0 Å². The molecule has 0 bridgehead atoms. The molecule has 0 spiro atoms. The Morgan fingerprint density at radius 2 is 1.96 bits per heavy atom. The van der Waals surface area contributed by atoms with Crippen molar-refractivity contribution < 1.29 is 13.2 Å². The highest BCUT2D eigenvalue weighted by Gasteiger charge is 2.37. The summed E-state index contributed by atoms with van der Waals surface area (Å²) in [6, 6.07) is 5.32. The summed E-state index contributed by atoms with van der Waals surface area (Å²) in [7, 11) is 1.26. The lowest BCUT2D eigenvalue weighted by Crippen LogP contribution is -2.13. The van der Waals surface area contributed by atoms with Gasteiger partial charge in [0, 0.05) is 31.2 Å². The van der Waals surface area contributed by atoms with Crippen molar-refractivity contribution in [1.29, 1.82) is 0 Å². The lowest BCUT2D eigenvalue weighted by Gasteiger charge is -2.05. The molecule has 0 atom stereocenters. The van der Waals surface area contributed by atoms with Crippen LogP contribution in [0.15, 0.2) is 36.8 Å². The van der Waals surface area contributed by atoms with Crippen LogP contribution in [0.1, 0.15) is 11.5 Å². The second kappa shape index (κ2) is 6.27.